The van der Waals surface area contributed by atoms with Gasteiger partial charge in [-0.1, -0.05) is 63.8 Å². The molecule has 0 saturated carbocycles. The van der Waals surface area contributed by atoms with Gasteiger partial charge in [-0.15, -0.1) is 22.7 Å². The molecule has 0 aliphatic heterocycles. The molecule has 49 heavy (non-hydrogen) atoms. The number of carbonyl (C=O) groups is 2. The monoisotopic (exact) mass is 725 g/mol. The van der Waals surface area contributed by atoms with Crippen molar-refractivity contribution in [1.29, 1.82) is 0 Å². The number of benzene rings is 3. The summed E-state index contributed by atoms with van der Waals surface area (Å²) in [5.74, 6) is -1.40. The molecule has 1 unspecified atom stereocenters. The topological polar surface area (TPSA) is 129 Å². The summed E-state index contributed by atoms with van der Waals surface area (Å²) in [7, 11) is 0. The maximum absolute atomic E-state index is 11.8. The van der Waals surface area contributed by atoms with Crippen molar-refractivity contribution in [2.45, 2.75) is 46.0 Å². The average molecular weight is 726 g/mol. The summed E-state index contributed by atoms with van der Waals surface area (Å²) in [5.41, 5.74) is 6.20. The number of aromatic carboxylic acids is 2. The lowest BCUT2D eigenvalue weighted by Crippen LogP contribution is -2.07. The summed E-state index contributed by atoms with van der Waals surface area (Å²) >= 11 is 5.20. The molecule has 248 valence electrons. The van der Waals surface area contributed by atoms with Crippen LogP contribution in [-0.2, 0) is 6.42 Å². The predicted molar refractivity (Wildman–Crippen MR) is 201 cm³/mol. The third-order valence-electron chi connectivity index (χ3n) is 8.71. The summed E-state index contributed by atoms with van der Waals surface area (Å²) in [5, 5.41) is 21.3. The lowest BCUT2D eigenvalue weighted by Gasteiger charge is -2.22. The molecule has 0 fully saturated rings. The number of hydrogen-bond donors (Lipinski definition) is 2. The van der Waals surface area contributed by atoms with Crippen molar-refractivity contribution < 1.29 is 19.8 Å². The second-order valence-electron chi connectivity index (χ2n) is 11.8. The van der Waals surface area contributed by atoms with Gasteiger partial charge >= 0.3 is 11.9 Å². The Bertz CT molecular complexity index is 2160. The Balaban J connectivity index is 1.29. The number of aromatic nitrogens is 4. The van der Waals surface area contributed by atoms with Crippen LogP contribution in [0.25, 0.3) is 42.9 Å². The summed E-state index contributed by atoms with van der Waals surface area (Å²) in [6, 6.07) is 23.8. The molecule has 4 aromatic heterocycles. The minimum Gasteiger partial charge on any atom is -0.478 e. The molecule has 2 N–H and O–H groups in total. The first-order valence-electron chi connectivity index (χ1n) is 15.9. The molecule has 0 aliphatic rings. The van der Waals surface area contributed by atoms with Crippen LogP contribution >= 0.6 is 46.1 Å². The second-order valence-corrected chi connectivity index (χ2v) is 14.9. The van der Waals surface area contributed by atoms with Crippen LogP contribution in [0.15, 0.2) is 72.8 Å². The zero-order chi connectivity index (χ0) is 34.1. The molecule has 0 saturated heterocycles. The minimum atomic E-state index is -1.03. The van der Waals surface area contributed by atoms with E-state index in [9.17, 15) is 19.8 Å². The fraction of sp³-hybridized carbons (Fsp3) is 0.222. The molecule has 0 radical (unpaired) electrons. The van der Waals surface area contributed by atoms with Gasteiger partial charge in [0.25, 0.3) is 0 Å². The van der Waals surface area contributed by atoms with Gasteiger partial charge in [-0.2, -0.15) is 17.5 Å². The van der Waals surface area contributed by atoms with E-state index in [1.54, 1.807) is 34.8 Å². The Labute approximate surface area is 298 Å². The Morgan fingerprint density at radius 1 is 0.673 bits per heavy atom. The van der Waals surface area contributed by atoms with E-state index in [2.05, 4.69) is 72.6 Å². The fourth-order valence-corrected chi connectivity index (χ4v) is 9.42. The van der Waals surface area contributed by atoms with Crippen molar-refractivity contribution >= 4 is 95.8 Å². The van der Waals surface area contributed by atoms with Crippen molar-refractivity contribution in [2.24, 2.45) is 5.92 Å². The van der Waals surface area contributed by atoms with Gasteiger partial charge in [0.05, 0.1) is 34.6 Å². The van der Waals surface area contributed by atoms with Gasteiger partial charge in [-0.25, -0.2) is 9.59 Å². The predicted octanol–water partition coefficient (Wildman–Crippen LogP) is 10.8. The summed E-state index contributed by atoms with van der Waals surface area (Å²) in [6.07, 6.45) is 5.90. The van der Waals surface area contributed by atoms with Crippen molar-refractivity contribution in [3.8, 4) is 20.9 Å². The molecular weight excluding hydrogens is 695 g/mol. The van der Waals surface area contributed by atoms with Crippen LogP contribution in [-0.4, -0.2) is 39.6 Å². The van der Waals surface area contributed by atoms with E-state index in [4.69, 9.17) is 0 Å². The number of carboxylic acid groups (broad SMARTS) is 2. The average Bonchev–Trinajstić information content (AvgIpc) is 3.94. The maximum atomic E-state index is 11.8. The number of nitrogens with zero attached hydrogens (tertiary/aromatic N) is 5. The van der Waals surface area contributed by atoms with Gasteiger partial charge in [-0.05, 0) is 66.4 Å². The quantitative estimate of drug-likeness (QED) is 0.119. The van der Waals surface area contributed by atoms with Gasteiger partial charge in [0.1, 0.15) is 32.1 Å². The summed E-state index contributed by atoms with van der Waals surface area (Å²) in [4.78, 5) is 27.8. The highest BCUT2D eigenvalue weighted by atomic mass is 32.1. The van der Waals surface area contributed by atoms with Crippen LogP contribution in [0.5, 0.6) is 0 Å². The normalized spacial score (nSPS) is 12.1. The minimum absolute atomic E-state index is 0.137. The van der Waals surface area contributed by atoms with E-state index in [1.807, 2.05) is 24.3 Å². The Kier molecular flexibility index (Phi) is 9.50. The molecule has 0 aliphatic carbocycles. The van der Waals surface area contributed by atoms with Crippen LogP contribution in [0.4, 0.5) is 15.7 Å². The highest BCUT2D eigenvalue weighted by Gasteiger charge is 2.23. The number of fused-ring (bicyclic) bond motifs is 2. The highest BCUT2D eigenvalue weighted by molar-refractivity contribution is 7.22. The number of hydrogen-bond acceptors (Lipinski definition) is 11. The number of unbranched alkanes of at least 4 members (excludes halogenated alkanes) is 1. The van der Waals surface area contributed by atoms with Gasteiger partial charge in [0.15, 0.2) is 0 Å². The van der Waals surface area contributed by atoms with Crippen LogP contribution < -0.4 is 4.90 Å². The van der Waals surface area contributed by atoms with Crippen molar-refractivity contribution in [3.05, 3.63) is 89.5 Å². The van der Waals surface area contributed by atoms with Crippen molar-refractivity contribution in [2.75, 3.05) is 4.90 Å². The standard InChI is InChI=1S/C36H31N5O4S4/c1-3-5-6-20(4-2)19-21-7-9-22(10-8-21)41(29-17-15-27(46-29)23-11-13-25(35(42)43)33-31(23)37-48-39-33)30-18-16-28(47-30)24-12-14-26(36(44)45)34-32(24)38-49-40-34/h7-18,20H,3-6,19H2,1-2H3,(H,42,43)(H,44,45). The lowest BCUT2D eigenvalue weighted by molar-refractivity contribution is 0.0688. The van der Waals surface area contributed by atoms with Crippen molar-refractivity contribution in [1.82, 2.24) is 17.5 Å². The molecule has 4 heterocycles. The Morgan fingerprint density at radius 2 is 1.18 bits per heavy atom. The smallest absolute Gasteiger partial charge is 0.338 e. The third kappa shape index (κ3) is 6.46. The molecule has 0 spiro atoms. The molecule has 0 bridgehead atoms. The second kappa shape index (κ2) is 14.1. The number of carboxylic acids is 2. The molecule has 1 atom stereocenters. The van der Waals surface area contributed by atoms with Crippen molar-refractivity contribution in [3.63, 3.8) is 0 Å². The molecule has 7 aromatic rings. The fourth-order valence-electron chi connectivity index (χ4n) is 6.08. The molecule has 13 heteroatoms. The first-order valence-corrected chi connectivity index (χ1v) is 19.0. The highest BCUT2D eigenvalue weighted by Crippen LogP contribution is 2.47. The number of anilines is 3. The summed E-state index contributed by atoms with van der Waals surface area (Å²) < 4.78 is 17.5. The summed E-state index contributed by atoms with van der Waals surface area (Å²) in [6.45, 7) is 4.51. The van der Waals surface area contributed by atoms with E-state index in [0.717, 1.165) is 72.9 Å². The van der Waals surface area contributed by atoms with E-state index < -0.39 is 11.9 Å². The SMILES string of the molecule is CCCCC(CC)Cc1ccc(N(c2ccc(-c3ccc(C(=O)O)c4nsnc34)s2)c2ccc(-c3ccc(C(=O)O)c4nsnc34)s2)cc1. The molecular formula is C36H31N5O4S4. The van der Waals surface area contributed by atoms with Gasteiger partial charge in [-0.3, -0.25) is 4.90 Å². The van der Waals surface area contributed by atoms with Crippen LogP contribution in [0.1, 0.15) is 65.8 Å². The maximum Gasteiger partial charge on any atom is 0.338 e. The zero-order valence-electron chi connectivity index (χ0n) is 26.6. The van der Waals surface area contributed by atoms with E-state index >= 15 is 0 Å². The van der Waals surface area contributed by atoms with Crippen LogP contribution in [0, 0.1) is 5.92 Å². The van der Waals surface area contributed by atoms with Crippen LogP contribution in [0.3, 0.4) is 0 Å². The first-order chi connectivity index (χ1) is 23.9. The number of thiophene rings is 2. The lowest BCUT2D eigenvalue weighted by atomic mass is 9.92. The van der Waals surface area contributed by atoms with Gasteiger partial charge < -0.3 is 10.2 Å². The molecule has 3 aromatic carbocycles. The largest absolute Gasteiger partial charge is 0.478 e. The number of rotatable bonds is 13. The van der Waals surface area contributed by atoms with Gasteiger partial charge in [0.2, 0.25) is 0 Å². The zero-order valence-corrected chi connectivity index (χ0v) is 29.9. The van der Waals surface area contributed by atoms with E-state index in [-0.39, 0.29) is 11.1 Å². The Morgan fingerprint density at radius 3 is 1.65 bits per heavy atom. The molecule has 7 rings (SSSR count). The third-order valence-corrected chi connectivity index (χ3v) is 12.0. The molecule has 9 nitrogen and oxygen atoms in total. The molecule has 0 amide bonds. The van der Waals surface area contributed by atoms with E-state index in [0.29, 0.717) is 28.0 Å². The van der Waals surface area contributed by atoms with Crippen LogP contribution in [0.2, 0.25) is 0 Å². The van der Waals surface area contributed by atoms with E-state index in [1.165, 1.54) is 24.8 Å². The first kappa shape index (κ1) is 33.0. The van der Waals surface area contributed by atoms with Gasteiger partial charge in [0, 0.05) is 26.6 Å². The Hall–Kier alpha value is -4.56.